The summed E-state index contributed by atoms with van der Waals surface area (Å²) in [6.07, 6.45) is 0.773. The second-order valence-electron chi connectivity index (χ2n) is 4.31. The van der Waals surface area contributed by atoms with Gasteiger partial charge in [0, 0.05) is 24.7 Å². The summed E-state index contributed by atoms with van der Waals surface area (Å²) in [6, 6.07) is 6.96. The Hall–Kier alpha value is -1.58. The number of amides is 1. The number of carbonyl (C=O) groups is 1. The molecule has 0 heterocycles. The lowest BCUT2D eigenvalue weighted by Gasteiger charge is -2.16. The molecule has 0 bridgehead atoms. The van der Waals surface area contributed by atoms with Crippen molar-refractivity contribution in [1.29, 1.82) is 5.26 Å². The maximum absolute atomic E-state index is 11.9. The molecular formula is C14H18BrN3O2. The maximum Gasteiger partial charge on any atom is 0.242 e. The minimum absolute atomic E-state index is 0.107. The van der Waals surface area contributed by atoms with E-state index in [1.807, 2.05) is 0 Å². The van der Waals surface area contributed by atoms with Crippen molar-refractivity contribution < 1.29 is 9.53 Å². The van der Waals surface area contributed by atoms with E-state index < -0.39 is 6.04 Å². The molecule has 1 amide bonds. The van der Waals surface area contributed by atoms with Crippen molar-refractivity contribution in [3.63, 3.8) is 0 Å². The summed E-state index contributed by atoms with van der Waals surface area (Å²) in [5.41, 5.74) is 1.15. The van der Waals surface area contributed by atoms with Gasteiger partial charge in [-0.1, -0.05) is 15.9 Å². The molecule has 0 aliphatic heterocycles. The summed E-state index contributed by atoms with van der Waals surface area (Å²) in [7, 11) is 1.63. The quantitative estimate of drug-likeness (QED) is 0.747. The summed E-state index contributed by atoms with van der Waals surface area (Å²) < 4.78 is 5.77. The van der Waals surface area contributed by atoms with E-state index in [-0.39, 0.29) is 5.91 Å². The molecular weight excluding hydrogens is 322 g/mol. The van der Waals surface area contributed by atoms with Crippen LogP contribution < -0.4 is 10.6 Å². The average Bonchev–Trinajstić information content (AvgIpc) is 2.43. The number of ether oxygens (including phenoxy) is 1. The minimum atomic E-state index is -0.418. The van der Waals surface area contributed by atoms with Gasteiger partial charge in [0.1, 0.15) is 12.1 Å². The van der Waals surface area contributed by atoms with Crippen molar-refractivity contribution in [1.82, 2.24) is 5.32 Å². The van der Waals surface area contributed by atoms with Crippen LogP contribution in [0.25, 0.3) is 0 Å². The normalized spacial score (nSPS) is 11.5. The zero-order chi connectivity index (χ0) is 15.0. The third-order valence-corrected chi connectivity index (χ3v) is 3.19. The van der Waals surface area contributed by atoms with Crippen molar-refractivity contribution in [2.45, 2.75) is 19.4 Å². The predicted molar refractivity (Wildman–Crippen MR) is 81.4 cm³/mol. The van der Waals surface area contributed by atoms with Crippen molar-refractivity contribution in [2.75, 3.05) is 25.6 Å². The minimum Gasteiger partial charge on any atom is -0.385 e. The van der Waals surface area contributed by atoms with Crippen LogP contribution in [0.4, 0.5) is 5.69 Å². The molecule has 1 aromatic rings. The van der Waals surface area contributed by atoms with Gasteiger partial charge < -0.3 is 15.4 Å². The van der Waals surface area contributed by atoms with E-state index in [9.17, 15) is 4.79 Å². The van der Waals surface area contributed by atoms with Gasteiger partial charge in [-0.15, -0.1) is 0 Å². The van der Waals surface area contributed by atoms with Crippen molar-refractivity contribution in [2.24, 2.45) is 0 Å². The zero-order valence-corrected chi connectivity index (χ0v) is 13.2. The van der Waals surface area contributed by atoms with Crippen LogP contribution in [0, 0.1) is 11.3 Å². The Labute approximate surface area is 127 Å². The Morgan fingerprint density at radius 2 is 2.30 bits per heavy atom. The van der Waals surface area contributed by atoms with Gasteiger partial charge in [-0.05, 0) is 31.5 Å². The lowest BCUT2D eigenvalue weighted by atomic mass is 10.1. The van der Waals surface area contributed by atoms with Gasteiger partial charge in [0.15, 0.2) is 0 Å². The van der Waals surface area contributed by atoms with E-state index in [4.69, 9.17) is 10.00 Å². The predicted octanol–water partition coefficient (Wildman–Crippen LogP) is 2.27. The highest BCUT2D eigenvalue weighted by atomic mass is 79.9. The van der Waals surface area contributed by atoms with E-state index >= 15 is 0 Å². The highest BCUT2D eigenvalue weighted by Gasteiger charge is 2.13. The van der Waals surface area contributed by atoms with Crippen LogP contribution in [-0.4, -0.2) is 32.2 Å². The molecule has 20 heavy (non-hydrogen) atoms. The van der Waals surface area contributed by atoms with Crippen LogP contribution in [0.2, 0.25) is 0 Å². The van der Waals surface area contributed by atoms with E-state index in [2.05, 4.69) is 32.6 Å². The van der Waals surface area contributed by atoms with E-state index in [0.29, 0.717) is 24.4 Å². The summed E-state index contributed by atoms with van der Waals surface area (Å²) in [5, 5.41) is 14.9. The first kappa shape index (κ1) is 16.5. The fraction of sp³-hybridized carbons (Fsp3) is 0.429. The molecule has 0 aromatic heterocycles. The first-order valence-electron chi connectivity index (χ1n) is 6.31. The SMILES string of the molecule is COCCCNC(=O)C(C)Nc1cc(Br)ccc1C#N. The molecule has 0 aliphatic rings. The lowest BCUT2D eigenvalue weighted by Crippen LogP contribution is -2.38. The molecule has 1 unspecified atom stereocenters. The number of nitrogens with one attached hydrogen (secondary N) is 2. The second-order valence-corrected chi connectivity index (χ2v) is 5.22. The van der Waals surface area contributed by atoms with E-state index in [1.54, 1.807) is 32.2 Å². The summed E-state index contributed by atoms with van der Waals surface area (Å²) in [6.45, 7) is 2.95. The number of hydrogen-bond acceptors (Lipinski definition) is 4. The van der Waals surface area contributed by atoms with Gasteiger partial charge in [0.2, 0.25) is 5.91 Å². The van der Waals surface area contributed by atoms with Crippen LogP contribution in [0.1, 0.15) is 18.9 Å². The Bertz CT molecular complexity index is 500. The molecule has 1 atom stereocenters. The standard InChI is InChI=1S/C14H18BrN3O2/c1-10(14(19)17-6-3-7-20-2)18-13-8-12(15)5-4-11(13)9-16/h4-5,8,10,18H,3,6-7H2,1-2H3,(H,17,19). The summed E-state index contributed by atoms with van der Waals surface area (Å²) in [5.74, 6) is -0.107. The Morgan fingerprint density at radius 3 is 2.95 bits per heavy atom. The van der Waals surface area contributed by atoms with Crippen LogP contribution in [-0.2, 0) is 9.53 Å². The molecule has 0 radical (unpaired) electrons. The third kappa shape index (κ3) is 5.19. The molecule has 0 spiro atoms. The highest BCUT2D eigenvalue weighted by molar-refractivity contribution is 9.10. The summed E-state index contributed by atoms with van der Waals surface area (Å²) in [4.78, 5) is 11.9. The highest BCUT2D eigenvalue weighted by Crippen LogP contribution is 2.21. The zero-order valence-electron chi connectivity index (χ0n) is 11.6. The molecule has 108 valence electrons. The molecule has 1 rings (SSSR count). The average molecular weight is 340 g/mol. The molecule has 6 heteroatoms. The van der Waals surface area contributed by atoms with Gasteiger partial charge in [-0.25, -0.2) is 0 Å². The van der Waals surface area contributed by atoms with E-state index in [0.717, 1.165) is 10.9 Å². The van der Waals surface area contributed by atoms with Gasteiger partial charge in [-0.2, -0.15) is 5.26 Å². The van der Waals surface area contributed by atoms with Gasteiger partial charge in [0.05, 0.1) is 11.3 Å². The van der Waals surface area contributed by atoms with Crippen LogP contribution in [0.15, 0.2) is 22.7 Å². The lowest BCUT2D eigenvalue weighted by molar-refractivity contribution is -0.121. The van der Waals surface area contributed by atoms with Crippen molar-refractivity contribution in [3.8, 4) is 6.07 Å². The Morgan fingerprint density at radius 1 is 1.55 bits per heavy atom. The first-order chi connectivity index (χ1) is 9.58. The number of nitrogens with zero attached hydrogens (tertiary/aromatic N) is 1. The third-order valence-electron chi connectivity index (χ3n) is 2.69. The molecule has 0 saturated heterocycles. The number of halogens is 1. The first-order valence-corrected chi connectivity index (χ1v) is 7.10. The monoisotopic (exact) mass is 339 g/mol. The number of benzene rings is 1. The van der Waals surface area contributed by atoms with E-state index in [1.165, 1.54) is 0 Å². The summed E-state index contributed by atoms with van der Waals surface area (Å²) >= 11 is 3.35. The number of nitriles is 1. The maximum atomic E-state index is 11.9. The largest absolute Gasteiger partial charge is 0.385 e. The van der Waals surface area contributed by atoms with Crippen molar-refractivity contribution in [3.05, 3.63) is 28.2 Å². The molecule has 0 saturated carbocycles. The molecule has 0 fully saturated rings. The van der Waals surface area contributed by atoms with Gasteiger partial charge in [-0.3, -0.25) is 4.79 Å². The topological polar surface area (TPSA) is 74.2 Å². The Kier molecular flexibility index (Phi) is 7.05. The smallest absolute Gasteiger partial charge is 0.242 e. The molecule has 1 aromatic carbocycles. The number of hydrogen-bond donors (Lipinski definition) is 2. The second kappa shape index (κ2) is 8.56. The van der Waals surface area contributed by atoms with Crippen LogP contribution in [0.5, 0.6) is 0 Å². The van der Waals surface area contributed by atoms with Crippen LogP contribution in [0.3, 0.4) is 0 Å². The number of methoxy groups -OCH3 is 1. The number of anilines is 1. The number of rotatable bonds is 7. The van der Waals surface area contributed by atoms with Gasteiger partial charge in [0.25, 0.3) is 0 Å². The molecule has 0 aliphatic carbocycles. The fourth-order valence-electron chi connectivity index (χ4n) is 1.61. The number of carbonyl (C=O) groups excluding carboxylic acids is 1. The van der Waals surface area contributed by atoms with Gasteiger partial charge >= 0.3 is 0 Å². The van der Waals surface area contributed by atoms with Crippen LogP contribution >= 0.6 is 15.9 Å². The molecule has 5 nitrogen and oxygen atoms in total. The fourth-order valence-corrected chi connectivity index (χ4v) is 1.97. The molecule has 2 N–H and O–H groups in total. The van der Waals surface area contributed by atoms with Crippen molar-refractivity contribution >= 4 is 27.5 Å². The Balaban J connectivity index is 2.57.